The summed E-state index contributed by atoms with van der Waals surface area (Å²) in [4.78, 5) is 33.6. The SMILES string of the molecule is COC(=O)c1cc(-c2cccc(C(F)(F)F)c2)ccc1NC(=O)Cc1nc2nc(C)cc(C)n2n1. The van der Waals surface area contributed by atoms with Crippen LogP contribution in [-0.2, 0) is 22.1 Å². The Morgan fingerprint density at radius 3 is 2.49 bits per heavy atom. The van der Waals surface area contributed by atoms with Crippen molar-refractivity contribution in [1.29, 1.82) is 0 Å². The van der Waals surface area contributed by atoms with Crippen LogP contribution in [0.25, 0.3) is 16.9 Å². The molecule has 1 amide bonds. The van der Waals surface area contributed by atoms with E-state index in [1.807, 2.05) is 19.9 Å². The van der Waals surface area contributed by atoms with Crippen molar-refractivity contribution in [3.8, 4) is 11.1 Å². The van der Waals surface area contributed by atoms with Crippen LogP contribution >= 0.6 is 0 Å². The van der Waals surface area contributed by atoms with E-state index in [0.717, 1.165) is 23.5 Å². The molecule has 0 atom stereocenters. The lowest BCUT2D eigenvalue weighted by Crippen LogP contribution is -2.18. The molecule has 2 aromatic carbocycles. The van der Waals surface area contributed by atoms with Crippen LogP contribution in [0.5, 0.6) is 0 Å². The molecule has 0 spiro atoms. The van der Waals surface area contributed by atoms with E-state index in [0.29, 0.717) is 11.3 Å². The second kappa shape index (κ2) is 9.16. The van der Waals surface area contributed by atoms with E-state index in [2.05, 4.69) is 20.4 Å². The standard InChI is InChI=1S/C24H20F3N5O3/c1-13-9-14(2)32-23(28-13)30-20(31-32)12-21(33)29-19-8-7-16(11-18(19)22(34)35-3)15-5-4-6-17(10-15)24(25,26)27/h4-11H,12H2,1-3H3,(H,29,33). The third-order valence-corrected chi connectivity index (χ3v) is 5.20. The maximum absolute atomic E-state index is 13.1. The molecule has 0 unspecified atom stereocenters. The van der Waals surface area contributed by atoms with Crippen molar-refractivity contribution in [2.75, 3.05) is 12.4 Å². The summed E-state index contributed by atoms with van der Waals surface area (Å²) < 4.78 is 45.6. The molecule has 0 saturated carbocycles. The molecule has 0 aliphatic heterocycles. The number of carbonyl (C=O) groups is 2. The fourth-order valence-electron chi connectivity index (χ4n) is 3.61. The molecule has 0 saturated heterocycles. The highest BCUT2D eigenvalue weighted by Crippen LogP contribution is 2.33. The molecule has 0 aliphatic carbocycles. The summed E-state index contributed by atoms with van der Waals surface area (Å²) in [6.07, 6.45) is -4.69. The van der Waals surface area contributed by atoms with Crippen LogP contribution < -0.4 is 5.32 Å². The maximum Gasteiger partial charge on any atom is 0.416 e. The molecule has 180 valence electrons. The maximum atomic E-state index is 13.1. The third kappa shape index (κ3) is 5.13. The first-order valence-electron chi connectivity index (χ1n) is 10.4. The average Bonchev–Trinajstić information content (AvgIpc) is 3.20. The summed E-state index contributed by atoms with van der Waals surface area (Å²) >= 11 is 0. The molecule has 35 heavy (non-hydrogen) atoms. The number of nitrogens with one attached hydrogen (secondary N) is 1. The van der Waals surface area contributed by atoms with Gasteiger partial charge in [0, 0.05) is 11.4 Å². The number of hydrogen-bond donors (Lipinski definition) is 1. The molecule has 0 fully saturated rings. The van der Waals surface area contributed by atoms with Crippen molar-refractivity contribution in [3.63, 3.8) is 0 Å². The van der Waals surface area contributed by atoms with E-state index in [1.165, 1.54) is 42.0 Å². The highest BCUT2D eigenvalue weighted by Gasteiger charge is 2.30. The number of nitrogens with zero attached hydrogens (tertiary/aromatic N) is 4. The number of anilines is 1. The van der Waals surface area contributed by atoms with Crippen molar-refractivity contribution in [2.24, 2.45) is 0 Å². The van der Waals surface area contributed by atoms with Gasteiger partial charge in [-0.05, 0) is 55.3 Å². The number of ether oxygens (including phenoxy) is 1. The van der Waals surface area contributed by atoms with Crippen molar-refractivity contribution >= 4 is 23.3 Å². The molecule has 0 bridgehead atoms. The molecular weight excluding hydrogens is 463 g/mol. The summed E-state index contributed by atoms with van der Waals surface area (Å²) in [7, 11) is 1.17. The van der Waals surface area contributed by atoms with Crippen LogP contribution in [-0.4, -0.2) is 38.6 Å². The zero-order valence-electron chi connectivity index (χ0n) is 19.0. The number of alkyl halides is 3. The first kappa shape index (κ1) is 23.9. The van der Waals surface area contributed by atoms with Gasteiger partial charge in [0.25, 0.3) is 5.78 Å². The number of rotatable bonds is 5. The predicted octanol–water partition coefficient (Wildman–Crippen LogP) is 4.39. The first-order chi connectivity index (χ1) is 16.5. The smallest absolute Gasteiger partial charge is 0.416 e. The number of halogens is 3. The lowest BCUT2D eigenvalue weighted by atomic mass is 9.99. The molecule has 2 aromatic heterocycles. The molecule has 11 heteroatoms. The zero-order chi connectivity index (χ0) is 25.3. The summed E-state index contributed by atoms with van der Waals surface area (Å²) in [6.45, 7) is 3.67. The number of fused-ring (bicyclic) bond motifs is 1. The van der Waals surface area contributed by atoms with E-state index in [9.17, 15) is 22.8 Å². The fraction of sp³-hybridized carbons (Fsp3) is 0.208. The van der Waals surface area contributed by atoms with Gasteiger partial charge in [-0.3, -0.25) is 4.79 Å². The Kier molecular flexibility index (Phi) is 6.25. The number of aryl methyl sites for hydroxylation is 2. The highest BCUT2D eigenvalue weighted by molar-refractivity contribution is 6.02. The van der Waals surface area contributed by atoms with Gasteiger partial charge in [-0.25, -0.2) is 14.3 Å². The molecule has 4 aromatic rings. The average molecular weight is 483 g/mol. The van der Waals surface area contributed by atoms with Crippen LogP contribution in [0.15, 0.2) is 48.5 Å². The fourth-order valence-corrected chi connectivity index (χ4v) is 3.61. The number of amides is 1. The minimum atomic E-state index is -4.51. The van der Waals surface area contributed by atoms with E-state index in [1.54, 1.807) is 0 Å². The topological polar surface area (TPSA) is 98.5 Å². The van der Waals surface area contributed by atoms with E-state index in [-0.39, 0.29) is 29.1 Å². The lowest BCUT2D eigenvalue weighted by Gasteiger charge is -2.13. The minimum absolute atomic E-state index is 0.00754. The van der Waals surface area contributed by atoms with Crippen LogP contribution in [0.3, 0.4) is 0 Å². The summed E-state index contributed by atoms with van der Waals surface area (Å²) in [5, 5.41) is 6.92. The third-order valence-electron chi connectivity index (χ3n) is 5.20. The minimum Gasteiger partial charge on any atom is -0.465 e. The van der Waals surface area contributed by atoms with E-state index < -0.39 is 23.6 Å². The Morgan fingerprint density at radius 1 is 1.03 bits per heavy atom. The number of aromatic nitrogens is 4. The lowest BCUT2D eigenvalue weighted by molar-refractivity contribution is -0.137. The number of benzene rings is 2. The highest BCUT2D eigenvalue weighted by atomic mass is 19.4. The van der Waals surface area contributed by atoms with Gasteiger partial charge < -0.3 is 10.1 Å². The van der Waals surface area contributed by atoms with Crippen LogP contribution in [0.4, 0.5) is 18.9 Å². The Bertz CT molecular complexity index is 1450. The van der Waals surface area contributed by atoms with Crippen LogP contribution in [0.1, 0.15) is 33.1 Å². The van der Waals surface area contributed by atoms with Gasteiger partial charge >= 0.3 is 12.1 Å². The largest absolute Gasteiger partial charge is 0.465 e. The van der Waals surface area contributed by atoms with Gasteiger partial charge in [0.2, 0.25) is 5.91 Å². The summed E-state index contributed by atoms with van der Waals surface area (Å²) in [5.74, 6) is -0.641. The number of methoxy groups -OCH3 is 1. The zero-order valence-corrected chi connectivity index (χ0v) is 19.0. The second-order valence-electron chi connectivity index (χ2n) is 7.83. The van der Waals surface area contributed by atoms with E-state index in [4.69, 9.17) is 4.74 Å². The van der Waals surface area contributed by atoms with Crippen molar-refractivity contribution < 1.29 is 27.5 Å². The Labute approximate surface area is 197 Å². The van der Waals surface area contributed by atoms with Crippen molar-refractivity contribution in [2.45, 2.75) is 26.4 Å². The molecule has 1 N–H and O–H groups in total. The van der Waals surface area contributed by atoms with Gasteiger partial charge in [0.05, 0.1) is 30.3 Å². The van der Waals surface area contributed by atoms with Crippen LogP contribution in [0.2, 0.25) is 0 Å². The normalized spacial score (nSPS) is 11.5. The van der Waals surface area contributed by atoms with Crippen molar-refractivity contribution in [3.05, 3.63) is 76.9 Å². The Balaban J connectivity index is 1.60. The Morgan fingerprint density at radius 2 is 1.77 bits per heavy atom. The molecule has 8 nitrogen and oxygen atoms in total. The second-order valence-corrected chi connectivity index (χ2v) is 7.83. The Hall–Kier alpha value is -4.28. The van der Waals surface area contributed by atoms with Crippen molar-refractivity contribution in [1.82, 2.24) is 19.6 Å². The number of hydrogen-bond acceptors (Lipinski definition) is 6. The quantitative estimate of drug-likeness (QED) is 0.423. The van der Waals surface area contributed by atoms with Gasteiger partial charge in [-0.15, -0.1) is 5.10 Å². The van der Waals surface area contributed by atoms with Gasteiger partial charge in [-0.2, -0.15) is 18.2 Å². The molecule has 0 radical (unpaired) electrons. The molecule has 4 rings (SSSR count). The predicted molar refractivity (Wildman–Crippen MR) is 121 cm³/mol. The number of carbonyl (C=O) groups excluding carboxylic acids is 2. The molecular formula is C24H20F3N5O3. The van der Waals surface area contributed by atoms with Gasteiger partial charge in [0.15, 0.2) is 5.82 Å². The van der Waals surface area contributed by atoms with Gasteiger partial charge in [0.1, 0.15) is 0 Å². The molecule has 2 heterocycles. The summed E-state index contributed by atoms with van der Waals surface area (Å²) in [5.41, 5.74) is 1.51. The van der Waals surface area contributed by atoms with Gasteiger partial charge in [-0.1, -0.05) is 18.2 Å². The van der Waals surface area contributed by atoms with Crippen LogP contribution in [0, 0.1) is 13.8 Å². The number of esters is 1. The summed E-state index contributed by atoms with van der Waals surface area (Å²) in [6, 6.07) is 10.9. The molecule has 0 aliphatic rings. The monoisotopic (exact) mass is 483 g/mol. The van der Waals surface area contributed by atoms with E-state index >= 15 is 0 Å². The first-order valence-corrected chi connectivity index (χ1v) is 10.4.